The molecule has 2 aromatic rings. The molecule has 0 saturated heterocycles. The smallest absolute Gasteiger partial charge is 0.241 e. The number of nitrogens with one attached hydrogen (secondary N) is 1. The van der Waals surface area contributed by atoms with Gasteiger partial charge in [-0.3, -0.25) is 4.79 Å². The minimum Gasteiger partial charge on any atom is -0.494 e. The van der Waals surface area contributed by atoms with Gasteiger partial charge in [0, 0.05) is 5.69 Å². The lowest BCUT2D eigenvalue weighted by Gasteiger charge is -2.13. The first-order chi connectivity index (χ1) is 10.7. The minimum absolute atomic E-state index is 0.220. The molecule has 1 atom stereocenters. The van der Waals surface area contributed by atoms with Crippen LogP contribution in [0.25, 0.3) is 5.69 Å². The fourth-order valence-corrected chi connectivity index (χ4v) is 2.32. The van der Waals surface area contributed by atoms with Crippen molar-refractivity contribution < 1.29 is 9.53 Å². The molecular formula is C13H18N6O2S. The highest BCUT2D eigenvalue weighted by molar-refractivity contribution is 7.98. The fourth-order valence-electron chi connectivity index (χ4n) is 1.83. The van der Waals surface area contributed by atoms with Gasteiger partial charge in [-0.1, -0.05) is 0 Å². The Labute approximate surface area is 132 Å². The van der Waals surface area contributed by atoms with Gasteiger partial charge in [0.1, 0.15) is 17.8 Å². The number of methoxy groups -OCH3 is 1. The van der Waals surface area contributed by atoms with Crippen LogP contribution in [0, 0.1) is 0 Å². The highest BCUT2D eigenvalue weighted by Gasteiger charge is 2.15. The van der Waals surface area contributed by atoms with Crippen molar-refractivity contribution in [1.29, 1.82) is 0 Å². The summed E-state index contributed by atoms with van der Waals surface area (Å²) in [5.41, 5.74) is 7.09. The molecule has 8 nitrogen and oxygen atoms in total. The van der Waals surface area contributed by atoms with E-state index in [-0.39, 0.29) is 5.91 Å². The Morgan fingerprint density at radius 1 is 1.55 bits per heavy atom. The van der Waals surface area contributed by atoms with Crippen LogP contribution in [0.4, 0.5) is 5.69 Å². The maximum atomic E-state index is 12.0. The third kappa shape index (κ3) is 3.95. The molecule has 0 radical (unpaired) electrons. The minimum atomic E-state index is -0.536. The quantitative estimate of drug-likeness (QED) is 0.772. The van der Waals surface area contributed by atoms with Gasteiger partial charge in [-0.25, -0.2) is 0 Å². The number of carbonyl (C=O) groups excluding carboxylic acids is 1. The number of carbonyl (C=O) groups is 1. The normalized spacial score (nSPS) is 12.0. The van der Waals surface area contributed by atoms with Crippen molar-refractivity contribution in [2.24, 2.45) is 5.73 Å². The van der Waals surface area contributed by atoms with Crippen molar-refractivity contribution in [1.82, 2.24) is 20.2 Å². The molecule has 2 rings (SSSR count). The lowest BCUT2D eigenvalue weighted by Crippen LogP contribution is -2.36. The Kier molecular flexibility index (Phi) is 5.73. The predicted molar refractivity (Wildman–Crippen MR) is 85.3 cm³/mol. The zero-order valence-corrected chi connectivity index (χ0v) is 13.2. The second kappa shape index (κ2) is 7.76. The van der Waals surface area contributed by atoms with Gasteiger partial charge in [0.05, 0.1) is 13.2 Å². The number of rotatable bonds is 7. The van der Waals surface area contributed by atoms with Gasteiger partial charge in [0.2, 0.25) is 5.91 Å². The number of benzene rings is 1. The number of amides is 1. The van der Waals surface area contributed by atoms with Crippen LogP contribution in [0.15, 0.2) is 24.5 Å². The van der Waals surface area contributed by atoms with Gasteiger partial charge in [-0.2, -0.15) is 16.4 Å². The SMILES string of the molecule is COc1ccc(NC(=O)[C@@H](N)CCSC)cc1-n1cnnn1. The molecular weight excluding hydrogens is 304 g/mol. The molecule has 1 aromatic heterocycles. The van der Waals surface area contributed by atoms with Crippen LogP contribution in [-0.2, 0) is 4.79 Å². The number of tetrazole rings is 1. The summed E-state index contributed by atoms with van der Waals surface area (Å²) >= 11 is 1.66. The van der Waals surface area contributed by atoms with Crippen LogP contribution in [-0.4, -0.2) is 51.3 Å². The molecule has 9 heteroatoms. The zero-order valence-electron chi connectivity index (χ0n) is 12.4. The van der Waals surface area contributed by atoms with Crippen molar-refractivity contribution in [2.45, 2.75) is 12.5 Å². The summed E-state index contributed by atoms with van der Waals surface area (Å²) in [5, 5.41) is 13.8. The summed E-state index contributed by atoms with van der Waals surface area (Å²) in [6, 6.07) is 4.67. The molecule has 1 amide bonds. The molecule has 0 aliphatic heterocycles. The van der Waals surface area contributed by atoms with Crippen LogP contribution >= 0.6 is 11.8 Å². The number of nitrogens with two attached hydrogens (primary N) is 1. The second-order valence-corrected chi connectivity index (χ2v) is 5.50. The molecule has 3 N–H and O–H groups in total. The molecule has 22 heavy (non-hydrogen) atoms. The topological polar surface area (TPSA) is 108 Å². The lowest BCUT2D eigenvalue weighted by atomic mass is 10.2. The van der Waals surface area contributed by atoms with Gasteiger partial charge in [0.25, 0.3) is 0 Å². The first kappa shape index (κ1) is 16.2. The summed E-state index contributed by atoms with van der Waals surface area (Å²) in [4.78, 5) is 12.0. The number of anilines is 1. The van der Waals surface area contributed by atoms with Gasteiger partial charge in [-0.05, 0) is 47.1 Å². The maximum absolute atomic E-state index is 12.0. The molecule has 1 aromatic carbocycles. The summed E-state index contributed by atoms with van der Waals surface area (Å²) in [5.74, 6) is 1.21. The molecule has 0 fully saturated rings. The van der Waals surface area contributed by atoms with E-state index in [0.29, 0.717) is 23.5 Å². The molecule has 1 heterocycles. The Balaban J connectivity index is 2.15. The number of ether oxygens (including phenoxy) is 1. The molecule has 0 saturated carbocycles. The molecule has 118 valence electrons. The third-order valence-corrected chi connectivity index (χ3v) is 3.66. The lowest BCUT2D eigenvalue weighted by molar-refractivity contribution is -0.117. The Morgan fingerprint density at radius 3 is 3.00 bits per heavy atom. The Morgan fingerprint density at radius 2 is 2.36 bits per heavy atom. The number of thioether (sulfide) groups is 1. The number of nitrogens with zero attached hydrogens (tertiary/aromatic N) is 4. The number of hydrogen-bond acceptors (Lipinski definition) is 7. The van der Waals surface area contributed by atoms with Crippen molar-refractivity contribution >= 4 is 23.4 Å². The molecule has 0 unspecified atom stereocenters. The van der Waals surface area contributed by atoms with Crippen LogP contribution in [0.1, 0.15) is 6.42 Å². The second-order valence-electron chi connectivity index (χ2n) is 4.52. The molecule has 0 spiro atoms. The van der Waals surface area contributed by atoms with E-state index < -0.39 is 6.04 Å². The average molecular weight is 322 g/mol. The predicted octanol–water partition coefficient (Wildman–Crippen LogP) is 0.690. The van der Waals surface area contributed by atoms with E-state index in [9.17, 15) is 4.79 Å². The van der Waals surface area contributed by atoms with E-state index in [1.165, 1.54) is 11.0 Å². The fraction of sp³-hybridized carbons (Fsp3) is 0.385. The van der Waals surface area contributed by atoms with Crippen molar-refractivity contribution in [3.8, 4) is 11.4 Å². The Bertz CT molecular complexity index is 619. The standard InChI is InChI=1S/C13H18N6O2S/c1-21-12-4-3-9(7-11(12)19-8-15-17-18-19)16-13(20)10(14)5-6-22-2/h3-4,7-8,10H,5-6,14H2,1-2H3,(H,16,20)/t10-/m0/s1. The number of hydrogen-bond donors (Lipinski definition) is 2. The Hall–Kier alpha value is -2.13. The van der Waals surface area contributed by atoms with Crippen LogP contribution in [0.3, 0.4) is 0 Å². The third-order valence-electron chi connectivity index (χ3n) is 3.01. The van der Waals surface area contributed by atoms with Crippen LogP contribution < -0.4 is 15.8 Å². The van der Waals surface area contributed by atoms with E-state index in [2.05, 4.69) is 20.8 Å². The van der Waals surface area contributed by atoms with Crippen LogP contribution in [0.2, 0.25) is 0 Å². The van der Waals surface area contributed by atoms with E-state index in [1.807, 2.05) is 6.26 Å². The molecule has 0 aliphatic carbocycles. The average Bonchev–Trinajstić information content (AvgIpc) is 3.06. The van der Waals surface area contributed by atoms with Crippen molar-refractivity contribution in [3.05, 3.63) is 24.5 Å². The van der Waals surface area contributed by atoms with E-state index in [4.69, 9.17) is 10.5 Å². The monoisotopic (exact) mass is 322 g/mol. The summed E-state index contributed by atoms with van der Waals surface area (Å²) in [7, 11) is 1.56. The molecule has 0 bridgehead atoms. The highest BCUT2D eigenvalue weighted by atomic mass is 32.2. The van der Waals surface area contributed by atoms with E-state index >= 15 is 0 Å². The van der Waals surface area contributed by atoms with Gasteiger partial charge < -0.3 is 15.8 Å². The zero-order chi connectivity index (χ0) is 15.9. The summed E-state index contributed by atoms with van der Waals surface area (Å²) in [6.07, 6.45) is 4.06. The van der Waals surface area contributed by atoms with E-state index in [0.717, 1.165) is 5.75 Å². The van der Waals surface area contributed by atoms with Gasteiger partial charge in [-0.15, -0.1) is 5.10 Å². The summed E-state index contributed by atoms with van der Waals surface area (Å²) in [6.45, 7) is 0. The first-order valence-corrected chi connectivity index (χ1v) is 8.02. The van der Waals surface area contributed by atoms with Gasteiger partial charge >= 0.3 is 0 Å². The number of aromatic nitrogens is 4. The highest BCUT2D eigenvalue weighted by Crippen LogP contribution is 2.25. The van der Waals surface area contributed by atoms with Crippen molar-refractivity contribution in [2.75, 3.05) is 24.4 Å². The van der Waals surface area contributed by atoms with Crippen LogP contribution in [0.5, 0.6) is 5.75 Å². The molecule has 0 aliphatic rings. The van der Waals surface area contributed by atoms with E-state index in [1.54, 1.807) is 37.1 Å². The van der Waals surface area contributed by atoms with Crippen molar-refractivity contribution in [3.63, 3.8) is 0 Å². The maximum Gasteiger partial charge on any atom is 0.241 e. The largest absolute Gasteiger partial charge is 0.494 e. The van der Waals surface area contributed by atoms with Gasteiger partial charge in [0.15, 0.2) is 0 Å². The first-order valence-electron chi connectivity index (χ1n) is 6.62. The summed E-state index contributed by atoms with van der Waals surface area (Å²) < 4.78 is 6.73.